The minimum absolute atomic E-state index is 0.641. The normalized spacial score (nSPS) is 11.0. The SMILES string of the molecule is COc1ccc(-c2ncc3oc(Cc4ccccc4)nn23)cc1. The van der Waals surface area contributed by atoms with E-state index in [4.69, 9.17) is 9.15 Å². The molecule has 4 rings (SSSR count). The molecule has 0 saturated heterocycles. The zero-order valence-electron chi connectivity index (χ0n) is 12.6. The minimum Gasteiger partial charge on any atom is -0.497 e. The van der Waals surface area contributed by atoms with Gasteiger partial charge in [-0.3, -0.25) is 0 Å². The molecule has 0 unspecified atom stereocenters. The molecule has 5 nitrogen and oxygen atoms in total. The summed E-state index contributed by atoms with van der Waals surface area (Å²) in [5.74, 6) is 2.24. The predicted molar refractivity (Wildman–Crippen MR) is 86.5 cm³/mol. The first kappa shape index (κ1) is 13.6. The molecule has 0 aliphatic carbocycles. The van der Waals surface area contributed by atoms with Crippen LogP contribution in [0.2, 0.25) is 0 Å². The number of hydrogen-bond donors (Lipinski definition) is 0. The Kier molecular flexibility index (Phi) is 3.31. The summed E-state index contributed by atoms with van der Waals surface area (Å²) in [5.41, 5.74) is 2.77. The second-order valence-corrected chi connectivity index (χ2v) is 5.22. The summed E-state index contributed by atoms with van der Waals surface area (Å²) in [4.78, 5) is 4.40. The number of imidazole rings is 1. The second kappa shape index (κ2) is 5.61. The average Bonchev–Trinajstić information content (AvgIpc) is 3.16. The van der Waals surface area contributed by atoms with E-state index in [1.807, 2.05) is 42.5 Å². The molecule has 0 bridgehead atoms. The number of aromatic nitrogens is 3. The quantitative estimate of drug-likeness (QED) is 0.578. The van der Waals surface area contributed by atoms with Crippen LogP contribution in [0.1, 0.15) is 11.5 Å². The molecule has 23 heavy (non-hydrogen) atoms. The fourth-order valence-corrected chi connectivity index (χ4v) is 2.53. The zero-order valence-corrected chi connectivity index (χ0v) is 12.6. The van der Waals surface area contributed by atoms with Crippen LogP contribution < -0.4 is 4.74 Å². The molecule has 0 aliphatic rings. The topological polar surface area (TPSA) is 52.6 Å². The molecule has 0 amide bonds. The summed E-state index contributed by atoms with van der Waals surface area (Å²) >= 11 is 0. The van der Waals surface area contributed by atoms with Gasteiger partial charge in [-0.15, -0.1) is 5.10 Å². The number of fused-ring (bicyclic) bond motifs is 1. The third-order valence-electron chi connectivity index (χ3n) is 3.69. The molecule has 0 fully saturated rings. The molecule has 2 aromatic heterocycles. The highest BCUT2D eigenvalue weighted by Gasteiger charge is 2.13. The van der Waals surface area contributed by atoms with E-state index in [2.05, 4.69) is 22.2 Å². The number of rotatable bonds is 4. The third kappa shape index (κ3) is 2.57. The Labute approximate surface area is 133 Å². The molecule has 4 aromatic rings. The molecular formula is C18H15N3O2. The average molecular weight is 305 g/mol. The van der Waals surface area contributed by atoms with Crippen molar-refractivity contribution in [1.82, 2.24) is 14.6 Å². The first-order valence-corrected chi connectivity index (χ1v) is 7.35. The first-order valence-electron chi connectivity index (χ1n) is 7.35. The van der Waals surface area contributed by atoms with E-state index in [1.54, 1.807) is 17.8 Å². The fourth-order valence-electron chi connectivity index (χ4n) is 2.53. The van der Waals surface area contributed by atoms with Gasteiger partial charge in [-0.05, 0) is 29.8 Å². The lowest BCUT2D eigenvalue weighted by atomic mass is 10.2. The lowest BCUT2D eigenvalue weighted by Crippen LogP contribution is -1.94. The third-order valence-corrected chi connectivity index (χ3v) is 3.69. The predicted octanol–water partition coefficient (Wildman–Crippen LogP) is 3.59. The number of ether oxygens (including phenoxy) is 1. The second-order valence-electron chi connectivity index (χ2n) is 5.22. The monoisotopic (exact) mass is 305 g/mol. The van der Waals surface area contributed by atoms with Crippen LogP contribution in [-0.2, 0) is 6.42 Å². The smallest absolute Gasteiger partial charge is 0.242 e. The van der Waals surface area contributed by atoms with Crippen LogP contribution in [-0.4, -0.2) is 21.7 Å². The highest BCUT2D eigenvalue weighted by molar-refractivity contribution is 5.59. The lowest BCUT2D eigenvalue weighted by Gasteiger charge is -2.01. The van der Waals surface area contributed by atoms with Gasteiger partial charge >= 0.3 is 0 Å². The van der Waals surface area contributed by atoms with Crippen molar-refractivity contribution >= 4 is 5.71 Å². The van der Waals surface area contributed by atoms with Gasteiger partial charge in [0.05, 0.1) is 19.7 Å². The van der Waals surface area contributed by atoms with Gasteiger partial charge in [0.25, 0.3) is 0 Å². The maximum atomic E-state index is 5.78. The summed E-state index contributed by atoms with van der Waals surface area (Å²) < 4.78 is 12.7. The summed E-state index contributed by atoms with van der Waals surface area (Å²) in [6, 6.07) is 17.9. The lowest BCUT2D eigenvalue weighted by molar-refractivity contribution is 0.415. The van der Waals surface area contributed by atoms with Gasteiger partial charge in [0.2, 0.25) is 11.6 Å². The Bertz CT molecular complexity index is 924. The van der Waals surface area contributed by atoms with Gasteiger partial charge in [0.1, 0.15) is 5.75 Å². The van der Waals surface area contributed by atoms with Crippen molar-refractivity contribution in [2.75, 3.05) is 7.11 Å². The van der Waals surface area contributed by atoms with Crippen molar-refractivity contribution in [3.63, 3.8) is 0 Å². The molecular weight excluding hydrogens is 290 g/mol. The Morgan fingerprint density at radius 2 is 1.83 bits per heavy atom. The van der Waals surface area contributed by atoms with Gasteiger partial charge in [0, 0.05) is 5.56 Å². The number of hydrogen-bond acceptors (Lipinski definition) is 4. The van der Waals surface area contributed by atoms with Crippen LogP contribution >= 0.6 is 0 Å². The molecule has 2 heterocycles. The van der Waals surface area contributed by atoms with Gasteiger partial charge < -0.3 is 9.15 Å². The van der Waals surface area contributed by atoms with Gasteiger partial charge in [-0.25, -0.2) is 4.98 Å². The van der Waals surface area contributed by atoms with Crippen LogP contribution in [0.25, 0.3) is 17.1 Å². The van der Waals surface area contributed by atoms with E-state index in [9.17, 15) is 0 Å². The molecule has 0 aliphatic heterocycles. The fraction of sp³-hybridized carbons (Fsp3) is 0.111. The molecule has 114 valence electrons. The first-order chi connectivity index (χ1) is 11.3. The van der Waals surface area contributed by atoms with E-state index < -0.39 is 0 Å². The van der Waals surface area contributed by atoms with Crippen LogP contribution in [0.15, 0.2) is 65.2 Å². The van der Waals surface area contributed by atoms with Crippen molar-refractivity contribution < 1.29 is 9.15 Å². The Balaban J connectivity index is 1.68. The zero-order chi connectivity index (χ0) is 15.6. The van der Waals surface area contributed by atoms with Crippen molar-refractivity contribution in [1.29, 1.82) is 0 Å². The van der Waals surface area contributed by atoms with E-state index in [-0.39, 0.29) is 0 Å². The van der Waals surface area contributed by atoms with Gasteiger partial charge in [-0.2, -0.15) is 4.52 Å². The van der Waals surface area contributed by atoms with Crippen molar-refractivity contribution in [3.05, 3.63) is 72.2 Å². The Hall–Kier alpha value is -3.08. The van der Waals surface area contributed by atoms with Crippen molar-refractivity contribution in [2.45, 2.75) is 6.42 Å². The molecule has 0 N–H and O–H groups in total. The number of methoxy groups -OCH3 is 1. The van der Waals surface area contributed by atoms with Crippen LogP contribution in [0, 0.1) is 0 Å². The number of benzene rings is 2. The van der Waals surface area contributed by atoms with E-state index >= 15 is 0 Å². The standard InChI is InChI=1S/C18H15N3O2/c1-22-15-9-7-14(8-10-15)18-19-12-17-21(18)20-16(23-17)11-13-5-3-2-4-6-13/h2-10,12H,11H2,1H3. The Morgan fingerprint density at radius 3 is 2.57 bits per heavy atom. The Morgan fingerprint density at radius 1 is 1.04 bits per heavy atom. The summed E-state index contributed by atoms with van der Waals surface area (Å²) in [5, 5.41) is 4.54. The molecule has 2 aromatic carbocycles. The molecule has 0 saturated carbocycles. The van der Waals surface area contributed by atoms with Gasteiger partial charge in [-0.1, -0.05) is 30.3 Å². The molecule has 0 radical (unpaired) electrons. The van der Waals surface area contributed by atoms with Crippen LogP contribution in [0.4, 0.5) is 0 Å². The van der Waals surface area contributed by atoms with E-state index in [0.29, 0.717) is 18.0 Å². The maximum absolute atomic E-state index is 5.78. The summed E-state index contributed by atoms with van der Waals surface area (Å²) in [6.07, 6.45) is 2.35. The van der Waals surface area contributed by atoms with Gasteiger partial charge in [0.15, 0.2) is 5.82 Å². The molecule has 0 spiro atoms. The van der Waals surface area contributed by atoms with E-state index in [1.165, 1.54) is 0 Å². The summed E-state index contributed by atoms with van der Waals surface area (Å²) in [7, 11) is 1.65. The summed E-state index contributed by atoms with van der Waals surface area (Å²) in [6.45, 7) is 0. The highest BCUT2D eigenvalue weighted by Crippen LogP contribution is 2.23. The minimum atomic E-state index is 0.641. The highest BCUT2D eigenvalue weighted by atomic mass is 16.5. The van der Waals surface area contributed by atoms with Crippen molar-refractivity contribution in [3.8, 4) is 17.1 Å². The van der Waals surface area contributed by atoms with Crippen LogP contribution in [0.3, 0.4) is 0 Å². The van der Waals surface area contributed by atoms with Crippen molar-refractivity contribution in [2.24, 2.45) is 0 Å². The largest absolute Gasteiger partial charge is 0.497 e. The maximum Gasteiger partial charge on any atom is 0.242 e. The van der Waals surface area contributed by atoms with Crippen LogP contribution in [0.5, 0.6) is 5.75 Å². The van der Waals surface area contributed by atoms with E-state index in [0.717, 1.165) is 22.7 Å². The molecule has 5 heteroatoms. The molecule has 0 atom stereocenters. The number of nitrogens with zero attached hydrogens (tertiary/aromatic N) is 3.